The van der Waals surface area contributed by atoms with E-state index in [4.69, 9.17) is 9.72 Å². The largest absolute Gasteiger partial charge is 0.383 e. The van der Waals surface area contributed by atoms with Gasteiger partial charge in [0.15, 0.2) is 0 Å². The van der Waals surface area contributed by atoms with Crippen molar-refractivity contribution in [2.75, 3.05) is 20.3 Å². The molecule has 21 heavy (non-hydrogen) atoms. The van der Waals surface area contributed by atoms with Crippen LogP contribution in [0.4, 0.5) is 0 Å². The fourth-order valence-corrected chi connectivity index (χ4v) is 4.39. The van der Waals surface area contributed by atoms with Crippen LogP contribution in [0.2, 0.25) is 0 Å². The van der Waals surface area contributed by atoms with Gasteiger partial charge in [-0.15, -0.1) is 11.3 Å². The molecule has 1 unspecified atom stereocenters. The molecule has 0 aliphatic heterocycles. The highest BCUT2D eigenvalue weighted by Crippen LogP contribution is 2.34. The molecule has 1 saturated carbocycles. The van der Waals surface area contributed by atoms with Gasteiger partial charge in [-0.25, -0.2) is 4.98 Å². The molecule has 4 heteroatoms. The topological polar surface area (TPSA) is 34.2 Å². The van der Waals surface area contributed by atoms with Crippen LogP contribution in [-0.2, 0) is 11.2 Å². The third-order valence-corrected chi connectivity index (χ3v) is 5.66. The molecule has 1 atom stereocenters. The highest BCUT2D eigenvalue weighted by atomic mass is 32.1. The molecular formula is C17H30N2OS. The monoisotopic (exact) mass is 310 g/mol. The lowest BCUT2D eigenvalue weighted by Crippen LogP contribution is -2.27. The van der Waals surface area contributed by atoms with Crippen LogP contribution in [0.1, 0.15) is 67.1 Å². The number of aryl methyl sites for hydroxylation is 2. The van der Waals surface area contributed by atoms with E-state index < -0.39 is 0 Å². The van der Waals surface area contributed by atoms with E-state index in [1.54, 1.807) is 7.11 Å². The normalized spacial score (nSPS) is 18.0. The molecule has 1 fully saturated rings. The van der Waals surface area contributed by atoms with Crippen molar-refractivity contribution in [3.63, 3.8) is 0 Å². The van der Waals surface area contributed by atoms with E-state index in [9.17, 15) is 0 Å². The first-order chi connectivity index (χ1) is 10.2. The molecule has 1 aliphatic rings. The number of nitrogens with zero attached hydrogens (tertiary/aromatic N) is 1. The van der Waals surface area contributed by atoms with Crippen LogP contribution in [0.5, 0.6) is 0 Å². The van der Waals surface area contributed by atoms with E-state index in [2.05, 4.69) is 19.2 Å². The molecule has 1 aromatic rings. The maximum atomic E-state index is 5.19. The molecule has 1 N–H and O–H groups in total. The number of methoxy groups -OCH3 is 1. The Morgan fingerprint density at radius 3 is 2.71 bits per heavy atom. The molecule has 0 radical (unpaired) electrons. The number of thiazole rings is 1. The zero-order valence-electron chi connectivity index (χ0n) is 13.8. The summed E-state index contributed by atoms with van der Waals surface area (Å²) in [5, 5.41) is 4.96. The molecule has 3 nitrogen and oxygen atoms in total. The number of nitrogens with one attached hydrogen (secondary N) is 1. The number of ether oxygens (including phenoxy) is 1. The van der Waals surface area contributed by atoms with Crippen molar-refractivity contribution in [2.45, 2.75) is 64.8 Å². The van der Waals surface area contributed by atoms with Gasteiger partial charge < -0.3 is 10.1 Å². The van der Waals surface area contributed by atoms with Crippen molar-refractivity contribution in [1.82, 2.24) is 10.3 Å². The minimum absolute atomic E-state index is 0.409. The Morgan fingerprint density at radius 2 is 2.10 bits per heavy atom. The van der Waals surface area contributed by atoms with Gasteiger partial charge in [0.1, 0.15) is 5.01 Å². The Balaban J connectivity index is 2.02. The van der Waals surface area contributed by atoms with E-state index in [1.165, 1.54) is 54.1 Å². The van der Waals surface area contributed by atoms with Crippen molar-refractivity contribution in [3.05, 3.63) is 15.6 Å². The standard InChI is InChI=1S/C17H30N2OS/c1-4-15-13(2)21-17(19-15)16(18-10-11-20-3)12-14-8-6-5-7-9-14/h14,16,18H,4-12H2,1-3H3. The summed E-state index contributed by atoms with van der Waals surface area (Å²) >= 11 is 1.88. The molecule has 2 rings (SSSR count). The predicted octanol–water partition coefficient (Wildman–Crippen LogP) is 4.26. The second kappa shape index (κ2) is 8.86. The smallest absolute Gasteiger partial charge is 0.110 e. The fourth-order valence-electron chi connectivity index (χ4n) is 3.29. The summed E-state index contributed by atoms with van der Waals surface area (Å²) in [6.07, 6.45) is 9.31. The van der Waals surface area contributed by atoms with E-state index in [-0.39, 0.29) is 0 Å². The summed E-state index contributed by atoms with van der Waals surface area (Å²) < 4.78 is 5.19. The summed E-state index contributed by atoms with van der Waals surface area (Å²) in [4.78, 5) is 6.27. The van der Waals surface area contributed by atoms with Gasteiger partial charge >= 0.3 is 0 Å². The first kappa shape index (κ1) is 16.9. The van der Waals surface area contributed by atoms with Crippen LogP contribution in [0.25, 0.3) is 0 Å². The van der Waals surface area contributed by atoms with Gasteiger partial charge in [0, 0.05) is 18.5 Å². The lowest BCUT2D eigenvalue weighted by molar-refractivity contribution is 0.191. The zero-order valence-corrected chi connectivity index (χ0v) is 14.6. The summed E-state index contributed by atoms with van der Waals surface area (Å²) in [5.41, 5.74) is 1.28. The SMILES string of the molecule is CCc1nc(C(CC2CCCCC2)NCCOC)sc1C. The van der Waals surface area contributed by atoms with Crippen molar-refractivity contribution >= 4 is 11.3 Å². The summed E-state index contributed by atoms with van der Waals surface area (Å²) in [5.74, 6) is 0.869. The predicted molar refractivity (Wildman–Crippen MR) is 90.0 cm³/mol. The van der Waals surface area contributed by atoms with E-state index in [0.29, 0.717) is 6.04 Å². The molecule has 0 aromatic carbocycles. The summed E-state index contributed by atoms with van der Waals surface area (Å²) in [6.45, 7) is 6.08. The van der Waals surface area contributed by atoms with Gasteiger partial charge in [-0.1, -0.05) is 39.0 Å². The van der Waals surface area contributed by atoms with Crippen molar-refractivity contribution in [2.24, 2.45) is 5.92 Å². The number of rotatable bonds is 8. The van der Waals surface area contributed by atoms with Gasteiger partial charge in [0.05, 0.1) is 18.3 Å². The fraction of sp³-hybridized carbons (Fsp3) is 0.824. The molecule has 1 aromatic heterocycles. The van der Waals surface area contributed by atoms with Crippen LogP contribution in [-0.4, -0.2) is 25.2 Å². The van der Waals surface area contributed by atoms with Gasteiger partial charge in [0.2, 0.25) is 0 Å². The molecule has 0 amide bonds. The van der Waals surface area contributed by atoms with Gasteiger partial charge in [-0.2, -0.15) is 0 Å². The summed E-state index contributed by atoms with van der Waals surface area (Å²) in [6, 6.07) is 0.409. The van der Waals surface area contributed by atoms with Crippen LogP contribution in [0, 0.1) is 12.8 Å². The van der Waals surface area contributed by atoms with Gasteiger partial charge in [-0.3, -0.25) is 0 Å². The van der Waals surface area contributed by atoms with Gasteiger partial charge in [0.25, 0.3) is 0 Å². The minimum atomic E-state index is 0.409. The molecule has 1 heterocycles. The third-order valence-electron chi connectivity index (χ3n) is 4.53. The second-order valence-electron chi connectivity index (χ2n) is 6.15. The van der Waals surface area contributed by atoms with Crippen molar-refractivity contribution < 1.29 is 4.74 Å². The lowest BCUT2D eigenvalue weighted by atomic mass is 9.85. The van der Waals surface area contributed by atoms with Gasteiger partial charge in [-0.05, 0) is 25.7 Å². The average molecular weight is 311 g/mol. The molecule has 0 bridgehead atoms. The van der Waals surface area contributed by atoms with Crippen molar-refractivity contribution in [3.8, 4) is 0 Å². The molecule has 1 aliphatic carbocycles. The average Bonchev–Trinajstić information content (AvgIpc) is 2.88. The number of hydrogen-bond acceptors (Lipinski definition) is 4. The summed E-state index contributed by atoms with van der Waals surface area (Å²) in [7, 11) is 1.76. The Morgan fingerprint density at radius 1 is 1.33 bits per heavy atom. The first-order valence-corrected chi connectivity index (χ1v) is 9.24. The minimum Gasteiger partial charge on any atom is -0.383 e. The van der Waals surface area contributed by atoms with Crippen LogP contribution >= 0.6 is 11.3 Å². The second-order valence-corrected chi connectivity index (χ2v) is 7.38. The van der Waals surface area contributed by atoms with E-state index in [0.717, 1.165) is 25.5 Å². The van der Waals surface area contributed by atoms with Crippen LogP contribution < -0.4 is 5.32 Å². The zero-order chi connectivity index (χ0) is 15.1. The maximum absolute atomic E-state index is 5.19. The third kappa shape index (κ3) is 5.04. The highest BCUT2D eigenvalue weighted by Gasteiger charge is 2.22. The van der Waals surface area contributed by atoms with Crippen LogP contribution in [0.15, 0.2) is 0 Å². The van der Waals surface area contributed by atoms with Crippen molar-refractivity contribution in [1.29, 1.82) is 0 Å². The number of aromatic nitrogens is 1. The molecule has 0 spiro atoms. The molecular weight excluding hydrogens is 280 g/mol. The Labute approximate surface area is 133 Å². The lowest BCUT2D eigenvalue weighted by Gasteiger charge is -2.26. The Bertz CT molecular complexity index is 413. The van der Waals surface area contributed by atoms with E-state index in [1.807, 2.05) is 11.3 Å². The van der Waals surface area contributed by atoms with Crippen LogP contribution in [0.3, 0.4) is 0 Å². The Kier molecular flexibility index (Phi) is 7.14. The number of hydrogen-bond donors (Lipinski definition) is 1. The first-order valence-electron chi connectivity index (χ1n) is 8.43. The maximum Gasteiger partial charge on any atom is 0.110 e. The quantitative estimate of drug-likeness (QED) is 0.728. The molecule has 120 valence electrons. The van der Waals surface area contributed by atoms with E-state index >= 15 is 0 Å². The highest BCUT2D eigenvalue weighted by molar-refractivity contribution is 7.11. The Hall–Kier alpha value is -0.450. The molecule has 0 saturated heterocycles.